The van der Waals surface area contributed by atoms with Crippen molar-refractivity contribution in [1.82, 2.24) is 4.90 Å². The Balaban J connectivity index is 1.46. The van der Waals surface area contributed by atoms with Gasteiger partial charge in [0.15, 0.2) is 0 Å². The van der Waals surface area contributed by atoms with Crippen molar-refractivity contribution in [2.75, 3.05) is 25.2 Å². The van der Waals surface area contributed by atoms with Crippen LogP contribution in [0.15, 0.2) is 29.2 Å². The third-order valence-corrected chi connectivity index (χ3v) is 7.98. The highest BCUT2D eigenvalue weighted by Gasteiger charge is 2.63. The Hall–Kier alpha value is -1.49. The maximum absolute atomic E-state index is 13.5. The van der Waals surface area contributed by atoms with Gasteiger partial charge in [-0.2, -0.15) is 0 Å². The fourth-order valence-electron chi connectivity index (χ4n) is 7.32. The first-order valence-corrected chi connectivity index (χ1v) is 11.6. The number of carbonyl (C=O) groups is 2. The number of benzene rings is 1. The highest BCUT2D eigenvalue weighted by atomic mass is 32.2. The zero-order valence-corrected chi connectivity index (χ0v) is 18.3. The van der Waals surface area contributed by atoms with E-state index >= 15 is 0 Å². The fraction of sp³-hybridized carbons (Fsp3) is 0.652. The number of likely N-dealkylation sites (N-methyl/N-ethyl adjacent to an activating group) is 1. The molecule has 1 aromatic carbocycles. The third-order valence-electron chi connectivity index (χ3n) is 7.19. The summed E-state index contributed by atoms with van der Waals surface area (Å²) in [6, 6.07) is 7.78. The molecule has 1 N–H and O–H groups in total. The van der Waals surface area contributed by atoms with Crippen LogP contribution in [0.3, 0.4) is 0 Å². The number of para-hydroxylation sites is 1. The smallest absolute Gasteiger partial charge is 0.244 e. The molecule has 0 spiro atoms. The van der Waals surface area contributed by atoms with E-state index in [1.165, 1.54) is 19.3 Å². The van der Waals surface area contributed by atoms with Gasteiger partial charge < -0.3 is 10.2 Å². The van der Waals surface area contributed by atoms with Crippen LogP contribution >= 0.6 is 11.8 Å². The normalized spacial score (nSPS) is 35.6. The number of thioether (sulfide) groups is 1. The number of anilines is 1. The highest BCUT2D eigenvalue weighted by molar-refractivity contribution is 7.98. The molecule has 0 aromatic heterocycles. The predicted octanol–water partition coefficient (Wildman–Crippen LogP) is 4.80. The van der Waals surface area contributed by atoms with Crippen LogP contribution < -0.4 is 5.32 Å². The van der Waals surface area contributed by atoms with Crippen molar-refractivity contribution in [3.63, 3.8) is 0 Å². The van der Waals surface area contributed by atoms with Gasteiger partial charge in [-0.3, -0.25) is 9.59 Å². The monoisotopic (exact) mass is 400 g/mol. The first-order valence-electron chi connectivity index (χ1n) is 10.3. The van der Waals surface area contributed by atoms with Crippen molar-refractivity contribution in [2.45, 2.75) is 57.3 Å². The molecule has 5 heteroatoms. The number of carbonyl (C=O) groups excluding carboxylic acids is 2. The first-order chi connectivity index (χ1) is 13.2. The molecule has 0 aliphatic heterocycles. The van der Waals surface area contributed by atoms with Gasteiger partial charge in [0.25, 0.3) is 0 Å². The maximum Gasteiger partial charge on any atom is 0.244 e. The molecule has 4 aliphatic carbocycles. The van der Waals surface area contributed by atoms with Crippen LogP contribution in [0.25, 0.3) is 0 Å². The third kappa shape index (κ3) is 3.47. The summed E-state index contributed by atoms with van der Waals surface area (Å²) in [5.74, 6) is 0.729. The summed E-state index contributed by atoms with van der Waals surface area (Å²) < 4.78 is 0. The Morgan fingerprint density at radius 1 is 1.11 bits per heavy atom. The van der Waals surface area contributed by atoms with Crippen LogP contribution in [0.1, 0.15) is 52.4 Å². The molecular formula is C23H32N2O2S. The summed E-state index contributed by atoms with van der Waals surface area (Å²) in [5.41, 5.74) is 1.15. The minimum Gasteiger partial charge on any atom is -0.336 e. The second kappa shape index (κ2) is 6.79. The van der Waals surface area contributed by atoms with Crippen molar-refractivity contribution >= 4 is 29.3 Å². The van der Waals surface area contributed by atoms with E-state index < -0.39 is 0 Å². The molecule has 2 unspecified atom stereocenters. The Morgan fingerprint density at radius 2 is 1.75 bits per heavy atom. The Labute approximate surface area is 172 Å². The summed E-state index contributed by atoms with van der Waals surface area (Å²) in [7, 11) is 1.80. The van der Waals surface area contributed by atoms with Crippen molar-refractivity contribution in [3.8, 4) is 0 Å². The van der Waals surface area contributed by atoms with Gasteiger partial charge in [0.1, 0.15) is 0 Å². The average molecular weight is 401 g/mol. The van der Waals surface area contributed by atoms with Crippen LogP contribution in [0.2, 0.25) is 0 Å². The molecule has 4 fully saturated rings. The van der Waals surface area contributed by atoms with E-state index in [9.17, 15) is 9.59 Å². The van der Waals surface area contributed by atoms with Crippen molar-refractivity contribution in [2.24, 2.45) is 22.2 Å². The van der Waals surface area contributed by atoms with Gasteiger partial charge in [-0.05, 0) is 73.7 Å². The molecule has 4 saturated carbocycles. The van der Waals surface area contributed by atoms with Gasteiger partial charge in [0, 0.05) is 11.9 Å². The fourth-order valence-corrected chi connectivity index (χ4v) is 7.87. The Bertz CT molecular complexity index is 790. The number of amides is 2. The van der Waals surface area contributed by atoms with Gasteiger partial charge in [-0.25, -0.2) is 0 Å². The zero-order chi connectivity index (χ0) is 20.2. The topological polar surface area (TPSA) is 49.4 Å². The van der Waals surface area contributed by atoms with Crippen molar-refractivity contribution < 1.29 is 9.59 Å². The molecule has 0 heterocycles. The molecular weight excluding hydrogens is 368 g/mol. The Kier molecular flexibility index (Phi) is 4.80. The van der Waals surface area contributed by atoms with E-state index in [-0.39, 0.29) is 23.8 Å². The van der Waals surface area contributed by atoms with E-state index in [1.807, 2.05) is 30.5 Å². The molecule has 0 saturated heterocycles. The average Bonchev–Trinajstić information content (AvgIpc) is 2.58. The maximum atomic E-state index is 13.5. The van der Waals surface area contributed by atoms with Gasteiger partial charge in [-0.15, -0.1) is 11.8 Å². The number of hydrogen-bond donors (Lipinski definition) is 1. The van der Waals surface area contributed by atoms with E-state index in [2.05, 4.69) is 19.2 Å². The summed E-state index contributed by atoms with van der Waals surface area (Å²) in [6.45, 7) is 4.87. The lowest BCUT2D eigenvalue weighted by Gasteiger charge is -2.65. The summed E-state index contributed by atoms with van der Waals surface area (Å²) >= 11 is 1.60. The molecule has 0 radical (unpaired) electrons. The van der Waals surface area contributed by atoms with Crippen LogP contribution in [-0.4, -0.2) is 36.6 Å². The number of rotatable bonds is 5. The van der Waals surface area contributed by atoms with Gasteiger partial charge in [0.2, 0.25) is 11.8 Å². The standard InChI is InChI=1S/C23H32N2O2S/c1-21-9-16-10-22(2,13-21)15-23(11-16,14-21)20(27)25(3)12-19(26)24-17-7-5-6-8-18(17)28-4/h5-8,16H,9-15H2,1-4H3,(H,24,26). The predicted molar refractivity (Wildman–Crippen MR) is 114 cm³/mol. The minimum absolute atomic E-state index is 0.112. The first kappa shape index (κ1) is 19.8. The van der Waals surface area contributed by atoms with Crippen LogP contribution in [-0.2, 0) is 9.59 Å². The SMILES string of the molecule is CSc1ccccc1NC(=O)CN(C)C(=O)C12CC3CC(C)(CC(C)(C3)C1)C2. The summed E-state index contributed by atoms with van der Waals surface area (Å²) in [6.07, 6.45) is 8.79. The van der Waals surface area contributed by atoms with Crippen LogP contribution in [0.5, 0.6) is 0 Å². The van der Waals surface area contributed by atoms with Gasteiger partial charge >= 0.3 is 0 Å². The lowest BCUT2D eigenvalue weighted by atomic mass is 9.40. The van der Waals surface area contributed by atoms with Crippen LogP contribution in [0, 0.1) is 22.2 Å². The molecule has 5 rings (SSSR count). The molecule has 2 amide bonds. The van der Waals surface area contributed by atoms with Gasteiger partial charge in [0.05, 0.1) is 17.6 Å². The van der Waals surface area contributed by atoms with Crippen molar-refractivity contribution in [1.29, 1.82) is 0 Å². The van der Waals surface area contributed by atoms with Crippen molar-refractivity contribution in [3.05, 3.63) is 24.3 Å². The number of hydrogen-bond acceptors (Lipinski definition) is 3. The Morgan fingerprint density at radius 3 is 2.36 bits per heavy atom. The van der Waals surface area contributed by atoms with E-state index in [0.29, 0.717) is 16.7 Å². The molecule has 1 aromatic rings. The van der Waals surface area contributed by atoms with E-state index in [1.54, 1.807) is 23.7 Å². The lowest BCUT2D eigenvalue weighted by molar-refractivity contribution is -0.178. The van der Waals surface area contributed by atoms with Gasteiger partial charge in [-0.1, -0.05) is 26.0 Å². The zero-order valence-electron chi connectivity index (χ0n) is 17.5. The molecule has 4 bridgehead atoms. The quantitative estimate of drug-likeness (QED) is 0.722. The van der Waals surface area contributed by atoms with E-state index in [0.717, 1.165) is 29.8 Å². The highest BCUT2D eigenvalue weighted by Crippen LogP contribution is 2.69. The largest absolute Gasteiger partial charge is 0.336 e. The second-order valence-corrected chi connectivity index (χ2v) is 11.2. The summed E-state index contributed by atoms with van der Waals surface area (Å²) in [4.78, 5) is 28.9. The summed E-state index contributed by atoms with van der Waals surface area (Å²) in [5, 5.41) is 2.98. The second-order valence-electron chi connectivity index (χ2n) is 10.3. The van der Waals surface area contributed by atoms with Crippen LogP contribution in [0.4, 0.5) is 5.69 Å². The molecule has 152 valence electrons. The molecule has 4 aliphatic rings. The number of nitrogens with zero attached hydrogens (tertiary/aromatic N) is 1. The molecule has 2 atom stereocenters. The minimum atomic E-state index is -0.255. The lowest BCUT2D eigenvalue weighted by Crippen LogP contribution is -2.60. The number of nitrogens with one attached hydrogen (secondary N) is 1. The molecule has 4 nitrogen and oxygen atoms in total. The molecule has 28 heavy (non-hydrogen) atoms. The van der Waals surface area contributed by atoms with E-state index in [4.69, 9.17) is 0 Å².